The zero-order valence-electron chi connectivity index (χ0n) is 14.0. The van der Waals surface area contributed by atoms with Crippen LogP contribution in [0.2, 0.25) is 0 Å². The van der Waals surface area contributed by atoms with E-state index in [2.05, 4.69) is 0 Å². The van der Waals surface area contributed by atoms with Gasteiger partial charge in [0.15, 0.2) is 0 Å². The van der Waals surface area contributed by atoms with Crippen LogP contribution in [-0.4, -0.2) is 49.6 Å². The molecule has 0 spiro atoms. The standard InChI is InChI=1S/C16H24N2O4S/c1-5-22-16(19)17-10-11-18(15(17)12(2)3)23(20,21)14-8-6-13(4)7-9-14/h6-9,12,15H,5,10-11H2,1-4H3/t15-/m1/s1. The van der Waals surface area contributed by atoms with Gasteiger partial charge in [-0.15, -0.1) is 0 Å². The van der Waals surface area contributed by atoms with Gasteiger partial charge in [0.2, 0.25) is 10.0 Å². The summed E-state index contributed by atoms with van der Waals surface area (Å²) < 4.78 is 32.3. The zero-order chi connectivity index (χ0) is 17.2. The monoisotopic (exact) mass is 340 g/mol. The molecule has 1 aliphatic rings. The molecule has 1 aliphatic heterocycles. The predicted octanol–water partition coefficient (Wildman–Crippen LogP) is 2.44. The number of carbonyl (C=O) groups is 1. The minimum Gasteiger partial charge on any atom is -0.450 e. The molecule has 0 radical (unpaired) electrons. The van der Waals surface area contributed by atoms with E-state index in [4.69, 9.17) is 4.74 Å². The predicted molar refractivity (Wildman–Crippen MR) is 87.4 cm³/mol. The molecule has 0 unspecified atom stereocenters. The smallest absolute Gasteiger partial charge is 0.411 e. The number of benzene rings is 1. The number of sulfonamides is 1. The average molecular weight is 340 g/mol. The number of nitrogens with zero attached hydrogens (tertiary/aromatic N) is 2. The second kappa shape index (κ2) is 6.88. The Morgan fingerprint density at radius 2 is 1.87 bits per heavy atom. The van der Waals surface area contributed by atoms with Gasteiger partial charge < -0.3 is 4.74 Å². The number of rotatable bonds is 4. The van der Waals surface area contributed by atoms with E-state index < -0.39 is 22.3 Å². The fourth-order valence-electron chi connectivity index (χ4n) is 2.83. The Morgan fingerprint density at radius 1 is 1.26 bits per heavy atom. The molecule has 0 aromatic heterocycles. The summed E-state index contributed by atoms with van der Waals surface area (Å²) in [6, 6.07) is 6.76. The first-order valence-electron chi connectivity index (χ1n) is 7.81. The van der Waals surface area contributed by atoms with Gasteiger partial charge in [-0.2, -0.15) is 4.31 Å². The summed E-state index contributed by atoms with van der Waals surface area (Å²) in [7, 11) is -3.65. The van der Waals surface area contributed by atoms with Gasteiger partial charge in [-0.1, -0.05) is 31.5 Å². The Hall–Kier alpha value is -1.60. The van der Waals surface area contributed by atoms with Crippen LogP contribution in [0.25, 0.3) is 0 Å². The van der Waals surface area contributed by atoms with Crippen LogP contribution in [0.5, 0.6) is 0 Å². The Balaban J connectivity index is 2.34. The third-order valence-electron chi connectivity index (χ3n) is 3.90. The summed E-state index contributed by atoms with van der Waals surface area (Å²) >= 11 is 0. The van der Waals surface area contributed by atoms with Crippen LogP contribution in [0.1, 0.15) is 26.3 Å². The van der Waals surface area contributed by atoms with Crippen LogP contribution >= 0.6 is 0 Å². The number of ether oxygens (including phenoxy) is 1. The van der Waals surface area contributed by atoms with Gasteiger partial charge in [-0.25, -0.2) is 13.2 Å². The molecule has 2 rings (SSSR count). The first-order valence-corrected chi connectivity index (χ1v) is 9.25. The van der Waals surface area contributed by atoms with Gasteiger partial charge in [0.25, 0.3) is 0 Å². The van der Waals surface area contributed by atoms with E-state index in [1.165, 1.54) is 9.21 Å². The van der Waals surface area contributed by atoms with Crippen molar-refractivity contribution in [3.63, 3.8) is 0 Å². The normalized spacial score (nSPS) is 19.3. The van der Waals surface area contributed by atoms with Crippen molar-refractivity contribution in [1.82, 2.24) is 9.21 Å². The van der Waals surface area contributed by atoms with E-state index in [1.54, 1.807) is 31.2 Å². The Bertz CT molecular complexity index is 655. The molecule has 6 nitrogen and oxygen atoms in total. The quantitative estimate of drug-likeness (QED) is 0.844. The van der Waals surface area contributed by atoms with Crippen molar-refractivity contribution in [2.24, 2.45) is 5.92 Å². The number of hydrogen-bond acceptors (Lipinski definition) is 4. The maximum absolute atomic E-state index is 12.9. The molecule has 1 aromatic rings. The van der Waals surface area contributed by atoms with Crippen molar-refractivity contribution in [1.29, 1.82) is 0 Å². The van der Waals surface area contributed by atoms with Crippen LogP contribution in [0.3, 0.4) is 0 Å². The lowest BCUT2D eigenvalue weighted by Crippen LogP contribution is -2.47. The Morgan fingerprint density at radius 3 is 2.39 bits per heavy atom. The maximum atomic E-state index is 12.9. The molecule has 0 bridgehead atoms. The number of carbonyl (C=O) groups excluding carboxylic acids is 1. The minimum absolute atomic E-state index is 0.0397. The molecular formula is C16H24N2O4S. The first-order chi connectivity index (χ1) is 10.8. The molecule has 23 heavy (non-hydrogen) atoms. The van der Waals surface area contributed by atoms with Gasteiger partial charge in [0.05, 0.1) is 11.5 Å². The van der Waals surface area contributed by atoms with E-state index in [0.29, 0.717) is 6.54 Å². The van der Waals surface area contributed by atoms with Gasteiger partial charge in [-0.3, -0.25) is 4.90 Å². The second-order valence-electron chi connectivity index (χ2n) is 5.98. The van der Waals surface area contributed by atoms with Crippen molar-refractivity contribution in [2.45, 2.75) is 38.8 Å². The molecule has 7 heteroatoms. The lowest BCUT2D eigenvalue weighted by atomic mass is 10.1. The second-order valence-corrected chi connectivity index (χ2v) is 7.87. The number of hydrogen-bond donors (Lipinski definition) is 0. The van der Waals surface area contributed by atoms with Gasteiger partial charge in [0.1, 0.15) is 6.17 Å². The van der Waals surface area contributed by atoms with E-state index in [9.17, 15) is 13.2 Å². The third kappa shape index (κ3) is 3.50. The summed E-state index contributed by atoms with van der Waals surface area (Å²) in [5.41, 5.74) is 0.999. The molecule has 1 heterocycles. The average Bonchev–Trinajstić information content (AvgIpc) is 2.94. The molecule has 1 fully saturated rings. The van der Waals surface area contributed by atoms with Crippen LogP contribution in [-0.2, 0) is 14.8 Å². The molecular weight excluding hydrogens is 316 g/mol. The topological polar surface area (TPSA) is 66.9 Å². The van der Waals surface area contributed by atoms with E-state index in [0.717, 1.165) is 5.56 Å². The van der Waals surface area contributed by atoms with Gasteiger partial charge in [-0.05, 0) is 31.9 Å². The number of amides is 1. The summed E-state index contributed by atoms with van der Waals surface area (Å²) in [6.07, 6.45) is -0.992. The van der Waals surface area contributed by atoms with Gasteiger partial charge in [0, 0.05) is 13.1 Å². The van der Waals surface area contributed by atoms with Crippen molar-refractivity contribution < 1.29 is 17.9 Å². The van der Waals surface area contributed by atoms with Gasteiger partial charge >= 0.3 is 6.09 Å². The first kappa shape index (κ1) is 17.7. The summed E-state index contributed by atoms with van der Waals surface area (Å²) in [5.74, 6) is -0.0397. The lowest BCUT2D eigenvalue weighted by Gasteiger charge is -2.32. The van der Waals surface area contributed by atoms with Crippen LogP contribution in [0.15, 0.2) is 29.2 Å². The lowest BCUT2D eigenvalue weighted by molar-refractivity contribution is 0.0799. The molecule has 1 atom stereocenters. The zero-order valence-corrected chi connectivity index (χ0v) is 14.8. The SMILES string of the molecule is CCOC(=O)N1CCN(S(=O)(=O)c2ccc(C)cc2)[C@@H]1C(C)C. The minimum atomic E-state index is -3.65. The Labute approximate surface area is 138 Å². The van der Waals surface area contributed by atoms with E-state index in [-0.39, 0.29) is 24.0 Å². The van der Waals surface area contributed by atoms with Crippen LogP contribution in [0.4, 0.5) is 4.79 Å². The highest BCUT2D eigenvalue weighted by Crippen LogP contribution is 2.29. The molecule has 0 aliphatic carbocycles. The fraction of sp³-hybridized carbons (Fsp3) is 0.562. The summed E-state index contributed by atoms with van der Waals surface area (Å²) in [5, 5.41) is 0. The van der Waals surface area contributed by atoms with Crippen LogP contribution < -0.4 is 0 Å². The largest absolute Gasteiger partial charge is 0.450 e. The van der Waals surface area contributed by atoms with Crippen molar-refractivity contribution >= 4 is 16.1 Å². The highest BCUT2D eigenvalue weighted by atomic mass is 32.2. The molecule has 128 valence electrons. The summed E-state index contributed by atoms with van der Waals surface area (Å²) in [4.78, 5) is 13.8. The van der Waals surface area contributed by atoms with E-state index in [1.807, 2.05) is 20.8 Å². The summed E-state index contributed by atoms with van der Waals surface area (Å²) in [6.45, 7) is 8.33. The fourth-order valence-corrected chi connectivity index (χ4v) is 4.55. The van der Waals surface area contributed by atoms with Crippen LogP contribution in [0, 0.1) is 12.8 Å². The Kier molecular flexibility index (Phi) is 5.31. The highest BCUT2D eigenvalue weighted by Gasteiger charge is 2.44. The van der Waals surface area contributed by atoms with E-state index >= 15 is 0 Å². The van der Waals surface area contributed by atoms with Crippen molar-refractivity contribution in [3.8, 4) is 0 Å². The molecule has 0 saturated carbocycles. The third-order valence-corrected chi connectivity index (χ3v) is 5.79. The molecule has 1 saturated heterocycles. The molecule has 1 amide bonds. The maximum Gasteiger partial charge on any atom is 0.411 e. The number of aryl methyl sites for hydroxylation is 1. The molecule has 0 N–H and O–H groups in total. The molecule has 1 aromatic carbocycles. The van der Waals surface area contributed by atoms with Crippen molar-refractivity contribution in [2.75, 3.05) is 19.7 Å². The van der Waals surface area contributed by atoms with Crippen molar-refractivity contribution in [3.05, 3.63) is 29.8 Å². The highest BCUT2D eigenvalue weighted by molar-refractivity contribution is 7.89.